The van der Waals surface area contributed by atoms with Crippen LogP contribution in [0.5, 0.6) is 11.5 Å². The molecule has 6 nitrogen and oxygen atoms in total. The van der Waals surface area contributed by atoms with Crippen molar-refractivity contribution in [3.05, 3.63) is 17.7 Å². The molecular formula is C19H28ClNO5. The van der Waals surface area contributed by atoms with Crippen molar-refractivity contribution in [2.75, 3.05) is 25.7 Å². The number of hydrogen-bond donors (Lipinski definition) is 1. The smallest absolute Gasteiger partial charge is 0.337 e. The number of aldehydes is 1. The van der Waals surface area contributed by atoms with Crippen LogP contribution in [-0.2, 0) is 4.79 Å². The average Bonchev–Trinajstić information content (AvgIpc) is 2.65. The van der Waals surface area contributed by atoms with E-state index in [0.29, 0.717) is 23.7 Å². The number of rotatable bonds is 8. The Labute approximate surface area is 160 Å². The summed E-state index contributed by atoms with van der Waals surface area (Å²) in [4.78, 5) is 25.9. The summed E-state index contributed by atoms with van der Waals surface area (Å²) in [5, 5.41) is 9.71. The Morgan fingerprint density at radius 1 is 1.23 bits per heavy atom. The minimum Gasteiger partial charge on any atom is -0.493 e. The Bertz CT molecular complexity index is 629. The zero-order valence-corrected chi connectivity index (χ0v) is 16.4. The molecule has 1 N–H and O–H groups in total. The van der Waals surface area contributed by atoms with Gasteiger partial charge < -0.3 is 24.3 Å². The van der Waals surface area contributed by atoms with Crippen molar-refractivity contribution in [2.45, 2.75) is 51.0 Å². The first-order valence-electron chi connectivity index (χ1n) is 8.77. The van der Waals surface area contributed by atoms with Gasteiger partial charge in [-0.05, 0) is 31.4 Å². The van der Waals surface area contributed by atoms with Gasteiger partial charge in [-0.3, -0.25) is 0 Å². The quantitative estimate of drug-likeness (QED) is 0.683. The fourth-order valence-electron chi connectivity index (χ4n) is 3.75. The molecule has 1 saturated carbocycles. The monoisotopic (exact) mass is 385 g/mol. The second-order valence-electron chi connectivity index (χ2n) is 6.44. The molecular weight excluding hydrogens is 358 g/mol. The van der Waals surface area contributed by atoms with Crippen LogP contribution >= 0.6 is 12.4 Å². The average molecular weight is 386 g/mol. The van der Waals surface area contributed by atoms with Crippen molar-refractivity contribution in [1.29, 1.82) is 0 Å². The van der Waals surface area contributed by atoms with Crippen molar-refractivity contribution < 1.29 is 24.2 Å². The number of carboxylic acids is 1. The molecule has 0 heterocycles. The zero-order chi connectivity index (χ0) is 18.4. The third kappa shape index (κ3) is 4.06. The summed E-state index contributed by atoms with van der Waals surface area (Å²) < 4.78 is 10.9. The summed E-state index contributed by atoms with van der Waals surface area (Å²) in [6.45, 7) is 2.59. The number of carbonyl (C=O) groups excluding carboxylic acids is 1. The molecule has 0 atom stereocenters. The van der Waals surface area contributed by atoms with Crippen LogP contribution in [0, 0.1) is 0 Å². The van der Waals surface area contributed by atoms with Crippen LogP contribution in [0.1, 0.15) is 55.8 Å². The molecule has 0 aliphatic heterocycles. The van der Waals surface area contributed by atoms with Crippen molar-refractivity contribution >= 4 is 30.3 Å². The van der Waals surface area contributed by atoms with E-state index in [0.717, 1.165) is 44.8 Å². The van der Waals surface area contributed by atoms with Crippen LogP contribution < -0.4 is 14.4 Å². The number of ether oxygens (including phenoxy) is 2. The van der Waals surface area contributed by atoms with Crippen LogP contribution in [0.2, 0.25) is 0 Å². The molecule has 0 radical (unpaired) electrons. The van der Waals surface area contributed by atoms with Crippen LogP contribution in [0.25, 0.3) is 0 Å². The fourth-order valence-corrected chi connectivity index (χ4v) is 3.75. The predicted octanol–water partition coefficient (Wildman–Crippen LogP) is 3.94. The largest absolute Gasteiger partial charge is 0.493 e. The number of anilines is 1. The molecule has 0 amide bonds. The normalized spacial score (nSPS) is 15.5. The van der Waals surface area contributed by atoms with E-state index in [-0.39, 0.29) is 18.0 Å². The Hall–Kier alpha value is -1.95. The molecule has 1 fully saturated rings. The lowest BCUT2D eigenvalue weighted by atomic mass is 9.80. The van der Waals surface area contributed by atoms with Gasteiger partial charge >= 0.3 is 5.97 Å². The first-order chi connectivity index (χ1) is 12.0. The summed E-state index contributed by atoms with van der Waals surface area (Å²) in [5.74, 6) is -0.225. The van der Waals surface area contributed by atoms with E-state index >= 15 is 0 Å². The lowest BCUT2D eigenvalue weighted by molar-refractivity contribution is -0.113. The zero-order valence-electron chi connectivity index (χ0n) is 15.6. The van der Waals surface area contributed by atoms with Gasteiger partial charge in [-0.15, -0.1) is 12.4 Å². The molecule has 1 aromatic rings. The maximum absolute atomic E-state index is 12.1. The highest BCUT2D eigenvalue weighted by molar-refractivity contribution is 5.98. The van der Waals surface area contributed by atoms with Crippen molar-refractivity contribution in [2.24, 2.45) is 0 Å². The lowest BCUT2D eigenvalue weighted by Gasteiger charge is -2.45. The molecule has 146 valence electrons. The second-order valence-corrected chi connectivity index (χ2v) is 6.44. The second kappa shape index (κ2) is 9.67. The molecule has 26 heavy (non-hydrogen) atoms. The molecule has 0 aromatic heterocycles. The van der Waals surface area contributed by atoms with Gasteiger partial charge in [-0.25, -0.2) is 4.79 Å². The minimum absolute atomic E-state index is 0. The van der Waals surface area contributed by atoms with Gasteiger partial charge in [-0.1, -0.05) is 26.2 Å². The van der Waals surface area contributed by atoms with Crippen LogP contribution in [0.15, 0.2) is 12.1 Å². The Kier molecular flexibility index (Phi) is 8.21. The number of nitrogens with zero attached hydrogens (tertiary/aromatic N) is 1. The highest BCUT2D eigenvalue weighted by Gasteiger charge is 2.41. The maximum Gasteiger partial charge on any atom is 0.337 e. The van der Waals surface area contributed by atoms with E-state index < -0.39 is 11.5 Å². The van der Waals surface area contributed by atoms with Crippen LogP contribution in [0.3, 0.4) is 0 Å². The van der Waals surface area contributed by atoms with Gasteiger partial charge in [0.25, 0.3) is 0 Å². The molecule has 7 heteroatoms. The van der Waals surface area contributed by atoms with Gasteiger partial charge in [0.1, 0.15) is 6.29 Å². The molecule has 0 unspecified atom stereocenters. The van der Waals surface area contributed by atoms with E-state index in [9.17, 15) is 14.7 Å². The van der Waals surface area contributed by atoms with Crippen molar-refractivity contribution in [1.82, 2.24) is 0 Å². The highest BCUT2D eigenvalue weighted by Crippen LogP contribution is 2.45. The number of methoxy groups -OCH3 is 2. The standard InChI is InChI=1S/C19H27NO5.ClH/c1-4-12-20(19(13-21)10-6-5-7-11-19)16-14(18(22)23)8-9-15(24-2)17(16)25-3;/h8-9,13H,4-7,10-12H2,1-3H3,(H,22,23);1H. The SMILES string of the molecule is CCCN(c1c(C(=O)O)ccc(OC)c1OC)C1(C=O)CCCCC1.Cl. The van der Waals surface area contributed by atoms with E-state index in [1.165, 1.54) is 20.3 Å². The molecule has 2 rings (SSSR count). The summed E-state index contributed by atoms with van der Waals surface area (Å²) in [6.07, 6.45) is 6.21. The third-order valence-electron chi connectivity index (χ3n) is 4.94. The number of carboxylic acid groups (broad SMARTS) is 1. The van der Waals surface area contributed by atoms with Crippen LogP contribution in [-0.4, -0.2) is 43.7 Å². The Morgan fingerprint density at radius 3 is 2.35 bits per heavy atom. The van der Waals surface area contributed by atoms with Crippen LogP contribution in [0.4, 0.5) is 5.69 Å². The van der Waals surface area contributed by atoms with Crippen molar-refractivity contribution in [3.8, 4) is 11.5 Å². The van der Waals surface area contributed by atoms with Gasteiger partial charge in [0.15, 0.2) is 11.5 Å². The number of hydrogen-bond acceptors (Lipinski definition) is 5. The topological polar surface area (TPSA) is 76.1 Å². The van der Waals surface area contributed by atoms with E-state index in [1.807, 2.05) is 11.8 Å². The summed E-state index contributed by atoms with van der Waals surface area (Å²) in [7, 11) is 3.01. The molecule has 1 aliphatic rings. The lowest BCUT2D eigenvalue weighted by Crippen LogP contribution is -2.52. The first kappa shape index (κ1) is 22.1. The predicted molar refractivity (Wildman–Crippen MR) is 103 cm³/mol. The Morgan fingerprint density at radius 2 is 1.88 bits per heavy atom. The summed E-state index contributed by atoms with van der Waals surface area (Å²) >= 11 is 0. The van der Waals surface area contributed by atoms with Gasteiger partial charge in [0.05, 0.1) is 31.0 Å². The fraction of sp³-hybridized carbons (Fsp3) is 0.579. The van der Waals surface area contributed by atoms with E-state index in [2.05, 4.69) is 0 Å². The van der Waals surface area contributed by atoms with E-state index in [4.69, 9.17) is 9.47 Å². The van der Waals surface area contributed by atoms with Gasteiger partial charge in [0.2, 0.25) is 0 Å². The van der Waals surface area contributed by atoms with Crippen molar-refractivity contribution in [3.63, 3.8) is 0 Å². The first-order valence-corrected chi connectivity index (χ1v) is 8.77. The minimum atomic E-state index is -1.05. The highest BCUT2D eigenvalue weighted by atomic mass is 35.5. The van der Waals surface area contributed by atoms with E-state index in [1.54, 1.807) is 6.07 Å². The molecule has 0 spiro atoms. The number of carbonyl (C=O) groups is 2. The maximum atomic E-state index is 12.1. The molecule has 1 aromatic carbocycles. The molecule has 0 saturated heterocycles. The summed E-state index contributed by atoms with van der Waals surface area (Å²) in [6, 6.07) is 3.10. The number of benzene rings is 1. The third-order valence-corrected chi connectivity index (χ3v) is 4.94. The summed E-state index contributed by atoms with van der Waals surface area (Å²) in [5.41, 5.74) is -0.138. The molecule has 0 bridgehead atoms. The van der Waals surface area contributed by atoms with Gasteiger partial charge in [0, 0.05) is 6.54 Å². The molecule has 1 aliphatic carbocycles. The Balaban J connectivity index is 0.00000338. The van der Waals surface area contributed by atoms with Gasteiger partial charge in [-0.2, -0.15) is 0 Å². The number of aromatic carboxylic acids is 1. The number of halogens is 1.